The van der Waals surface area contributed by atoms with Gasteiger partial charge in [-0.05, 0) is 63.0 Å². The Hall–Kier alpha value is -3.59. The van der Waals surface area contributed by atoms with E-state index >= 15 is 0 Å². The van der Waals surface area contributed by atoms with Crippen molar-refractivity contribution in [1.82, 2.24) is 14.7 Å². The van der Waals surface area contributed by atoms with E-state index in [0.717, 1.165) is 17.3 Å². The number of amides is 1. The summed E-state index contributed by atoms with van der Waals surface area (Å²) in [4.78, 5) is 27.3. The van der Waals surface area contributed by atoms with Crippen LogP contribution in [0.4, 0.5) is 19.3 Å². The lowest BCUT2D eigenvalue weighted by molar-refractivity contribution is 0.201. The zero-order chi connectivity index (χ0) is 23.3. The summed E-state index contributed by atoms with van der Waals surface area (Å²) in [5.41, 5.74) is 0.776. The van der Waals surface area contributed by atoms with Crippen molar-refractivity contribution in [1.29, 1.82) is 0 Å². The first-order valence-corrected chi connectivity index (χ1v) is 10.0. The number of nitrogens with zero attached hydrogens (tertiary/aromatic N) is 4. The predicted molar refractivity (Wildman–Crippen MR) is 118 cm³/mol. The highest BCUT2D eigenvalue weighted by atomic mass is 19.2. The van der Waals surface area contributed by atoms with E-state index in [1.807, 2.05) is 19.0 Å². The minimum Gasteiger partial charge on any atom is -0.465 e. The van der Waals surface area contributed by atoms with Crippen LogP contribution in [-0.2, 0) is 6.54 Å². The average Bonchev–Trinajstić information content (AvgIpc) is 2.74. The first-order chi connectivity index (χ1) is 15.3. The Labute approximate surface area is 184 Å². The molecule has 3 aromatic rings. The number of halogens is 2. The van der Waals surface area contributed by atoms with E-state index in [1.54, 1.807) is 24.3 Å². The summed E-state index contributed by atoms with van der Waals surface area (Å²) in [6.07, 6.45) is -0.411. The summed E-state index contributed by atoms with van der Waals surface area (Å²) in [6.45, 7) is 1.11. The average molecular weight is 442 g/mol. The van der Waals surface area contributed by atoms with Crippen LogP contribution in [0.15, 0.2) is 59.4 Å². The van der Waals surface area contributed by atoms with E-state index in [9.17, 15) is 23.5 Å². The molecule has 1 aromatic heterocycles. The van der Waals surface area contributed by atoms with Crippen molar-refractivity contribution in [2.45, 2.75) is 13.0 Å². The van der Waals surface area contributed by atoms with E-state index < -0.39 is 23.3 Å². The van der Waals surface area contributed by atoms with Gasteiger partial charge in [0, 0.05) is 23.9 Å². The van der Waals surface area contributed by atoms with E-state index in [4.69, 9.17) is 0 Å². The van der Waals surface area contributed by atoms with E-state index in [1.165, 1.54) is 29.2 Å². The SMILES string of the molecule is CN(C)CCCN(C(=O)O)c1cccc(Cn2nc(-c3cccc(F)c3F)ccc2=O)c1. The molecule has 7 nitrogen and oxygen atoms in total. The fourth-order valence-corrected chi connectivity index (χ4v) is 3.28. The lowest BCUT2D eigenvalue weighted by Crippen LogP contribution is -2.32. The predicted octanol–water partition coefficient (Wildman–Crippen LogP) is 3.67. The molecule has 0 bridgehead atoms. The van der Waals surface area contributed by atoms with Gasteiger partial charge in [-0.15, -0.1) is 0 Å². The molecule has 0 aliphatic carbocycles. The Balaban J connectivity index is 1.87. The molecular formula is C23H24F2N4O3. The molecule has 0 saturated carbocycles. The molecule has 168 valence electrons. The molecular weight excluding hydrogens is 418 g/mol. The number of anilines is 1. The smallest absolute Gasteiger partial charge is 0.411 e. The Morgan fingerprint density at radius 3 is 2.53 bits per heavy atom. The van der Waals surface area contributed by atoms with Gasteiger partial charge in [-0.3, -0.25) is 9.69 Å². The van der Waals surface area contributed by atoms with Crippen LogP contribution < -0.4 is 10.5 Å². The number of aromatic nitrogens is 2. The van der Waals surface area contributed by atoms with Crippen molar-refractivity contribution in [2.24, 2.45) is 0 Å². The number of carbonyl (C=O) groups is 1. The normalized spacial score (nSPS) is 11.0. The number of carboxylic acid groups (broad SMARTS) is 1. The second kappa shape index (κ2) is 10.1. The quantitative estimate of drug-likeness (QED) is 0.576. The molecule has 32 heavy (non-hydrogen) atoms. The summed E-state index contributed by atoms with van der Waals surface area (Å²) in [7, 11) is 3.83. The molecule has 9 heteroatoms. The number of benzene rings is 2. The summed E-state index contributed by atoms with van der Waals surface area (Å²) in [5, 5.41) is 13.8. The molecule has 2 aromatic carbocycles. The Morgan fingerprint density at radius 2 is 1.81 bits per heavy atom. The Bertz CT molecular complexity index is 1160. The standard InChI is InChI=1S/C23H24F2N4O3/c1-27(2)12-5-13-28(23(31)32)17-7-3-6-16(14-17)15-29-21(30)11-10-20(26-29)18-8-4-9-19(24)22(18)25/h3-4,6-11,14H,5,12-13,15H2,1-2H3,(H,31,32). The minimum atomic E-state index is -1.07. The van der Waals surface area contributed by atoms with Gasteiger partial charge >= 0.3 is 6.09 Å². The van der Waals surface area contributed by atoms with Gasteiger partial charge in [-0.1, -0.05) is 18.2 Å². The van der Waals surface area contributed by atoms with Crippen LogP contribution in [0.3, 0.4) is 0 Å². The van der Waals surface area contributed by atoms with Crippen LogP contribution in [0, 0.1) is 11.6 Å². The lowest BCUT2D eigenvalue weighted by atomic mass is 10.1. The highest BCUT2D eigenvalue weighted by Crippen LogP contribution is 2.22. The minimum absolute atomic E-state index is 0.0443. The van der Waals surface area contributed by atoms with Crippen molar-refractivity contribution in [3.05, 3.63) is 82.1 Å². The molecule has 0 unspecified atom stereocenters. The number of hydrogen-bond donors (Lipinski definition) is 1. The summed E-state index contributed by atoms with van der Waals surface area (Å²) in [5.74, 6) is -2.04. The molecule has 1 N–H and O–H groups in total. The Morgan fingerprint density at radius 1 is 1.06 bits per heavy atom. The van der Waals surface area contributed by atoms with Crippen molar-refractivity contribution in [3.63, 3.8) is 0 Å². The second-order valence-corrected chi connectivity index (χ2v) is 7.58. The first kappa shape index (κ1) is 23.1. The maximum atomic E-state index is 14.1. The van der Waals surface area contributed by atoms with Gasteiger partial charge < -0.3 is 10.0 Å². The highest BCUT2D eigenvalue weighted by molar-refractivity contribution is 5.86. The fraction of sp³-hybridized carbons (Fsp3) is 0.261. The maximum absolute atomic E-state index is 14.1. The summed E-state index contributed by atoms with van der Waals surface area (Å²) < 4.78 is 28.9. The third kappa shape index (κ3) is 5.55. The fourth-order valence-electron chi connectivity index (χ4n) is 3.28. The highest BCUT2D eigenvalue weighted by Gasteiger charge is 2.16. The first-order valence-electron chi connectivity index (χ1n) is 10.0. The van der Waals surface area contributed by atoms with E-state index in [0.29, 0.717) is 24.2 Å². The number of hydrogen-bond acceptors (Lipinski definition) is 4. The largest absolute Gasteiger partial charge is 0.465 e. The molecule has 0 aliphatic heterocycles. The van der Waals surface area contributed by atoms with Crippen molar-refractivity contribution < 1.29 is 18.7 Å². The molecule has 0 fully saturated rings. The lowest BCUT2D eigenvalue weighted by Gasteiger charge is -2.21. The van der Waals surface area contributed by atoms with Crippen LogP contribution in [0.2, 0.25) is 0 Å². The van der Waals surface area contributed by atoms with Crippen LogP contribution in [0.25, 0.3) is 11.3 Å². The van der Waals surface area contributed by atoms with Crippen LogP contribution in [0.1, 0.15) is 12.0 Å². The zero-order valence-corrected chi connectivity index (χ0v) is 17.8. The van der Waals surface area contributed by atoms with Crippen molar-refractivity contribution in [3.8, 4) is 11.3 Å². The van der Waals surface area contributed by atoms with E-state index in [2.05, 4.69) is 5.10 Å². The number of rotatable bonds is 8. The van der Waals surface area contributed by atoms with Gasteiger partial charge in [0.15, 0.2) is 11.6 Å². The van der Waals surface area contributed by atoms with Gasteiger partial charge in [0.1, 0.15) is 0 Å². The van der Waals surface area contributed by atoms with Gasteiger partial charge in [-0.25, -0.2) is 18.3 Å². The van der Waals surface area contributed by atoms with E-state index in [-0.39, 0.29) is 17.8 Å². The topological polar surface area (TPSA) is 78.7 Å². The molecule has 1 amide bonds. The van der Waals surface area contributed by atoms with Crippen molar-refractivity contribution in [2.75, 3.05) is 32.1 Å². The second-order valence-electron chi connectivity index (χ2n) is 7.58. The van der Waals surface area contributed by atoms with Crippen LogP contribution in [0.5, 0.6) is 0 Å². The molecule has 0 aliphatic rings. The third-order valence-electron chi connectivity index (χ3n) is 4.87. The van der Waals surface area contributed by atoms with Crippen LogP contribution >= 0.6 is 0 Å². The monoisotopic (exact) mass is 442 g/mol. The van der Waals surface area contributed by atoms with Gasteiger partial charge in [0.25, 0.3) is 5.56 Å². The molecule has 1 heterocycles. The van der Waals surface area contributed by atoms with Gasteiger partial charge in [0.2, 0.25) is 0 Å². The third-order valence-corrected chi connectivity index (χ3v) is 4.87. The maximum Gasteiger partial charge on any atom is 0.411 e. The zero-order valence-electron chi connectivity index (χ0n) is 17.8. The molecule has 0 saturated heterocycles. The summed E-state index contributed by atoms with van der Waals surface area (Å²) >= 11 is 0. The molecule has 3 rings (SSSR count). The Kier molecular flexibility index (Phi) is 7.32. The molecule has 0 spiro atoms. The van der Waals surface area contributed by atoms with Gasteiger partial charge in [-0.2, -0.15) is 5.10 Å². The van der Waals surface area contributed by atoms with Gasteiger partial charge in [0.05, 0.1) is 12.2 Å². The van der Waals surface area contributed by atoms with Crippen molar-refractivity contribution >= 4 is 11.8 Å². The van der Waals surface area contributed by atoms with Crippen LogP contribution in [-0.4, -0.2) is 53.1 Å². The molecule has 0 atom stereocenters. The summed E-state index contributed by atoms with van der Waals surface area (Å²) in [6, 6.07) is 13.1. The molecule has 0 radical (unpaired) electrons.